The summed E-state index contributed by atoms with van der Waals surface area (Å²) in [6.45, 7) is 10.5. The molecule has 1 fully saturated rings. The van der Waals surface area contributed by atoms with Crippen molar-refractivity contribution in [2.75, 3.05) is 19.8 Å². The van der Waals surface area contributed by atoms with Gasteiger partial charge in [0.15, 0.2) is 0 Å². The largest absolute Gasteiger partial charge is 0.466 e. The van der Waals surface area contributed by atoms with Gasteiger partial charge in [0.2, 0.25) is 0 Å². The van der Waals surface area contributed by atoms with E-state index in [1.165, 1.54) is 10.8 Å². The maximum atomic E-state index is 12.1. The van der Waals surface area contributed by atoms with Gasteiger partial charge in [-0.1, -0.05) is 49.1 Å². The van der Waals surface area contributed by atoms with E-state index in [1.54, 1.807) is 0 Å². The summed E-state index contributed by atoms with van der Waals surface area (Å²) in [5.41, 5.74) is 1.23. The molecule has 0 unspecified atom stereocenters. The van der Waals surface area contributed by atoms with Crippen LogP contribution in [0.25, 0.3) is 0 Å². The van der Waals surface area contributed by atoms with Crippen LogP contribution in [-0.2, 0) is 14.3 Å². The summed E-state index contributed by atoms with van der Waals surface area (Å²) in [5, 5.41) is 1.45. The van der Waals surface area contributed by atoms with Crippen LogP contribution in [0, 0.1) is 5.92 Å². The third kappa shape index (κ3) is 3.95. The maximum Gasteiger partial charge on any atom is 0.311 e. The molecule has 0 amide bonds. The van der Waals surface area contributed by atoms with E-state index in [0.717, 1.165) is 13.0 Å². The van der Waals surface area contributed by atoms with E-state index in [4.69, 9.17) is 9.47 Å². The summed E-state index contributed by atoms with van der Waals surface area (Å²) in [7, 11) is -1.27. The molecular formula is C17H26O3Si. The number of esters is 1. The standard InChI is InChI=1S/C17H26O3Si/c1-5-20-17(18)16-12-19-11-10-15(16)13-6-8-14(9-7-13)21(2,3)4/h6-9,15-16H,5,10-12H2,1-4H3/t15-,16+/m0/s1. The van der Waals surface area contributed by atoms with Crippen LogP contribution >= 0.6 is 0 Å². The molecule has 21 heavy (non-hydrogen) atoms. The van der Waals surface area contributed by atoms with Crippen molar-refractivity contribution in [3.8, 4) is 0 Å². The van der Waals surface area contributed by atoms with Crippen LogP contribution < -0.4 is 5.19 Å². The van der Waals surface area contributed by atoms with E-state index in [2.05, 4.69) is 43.9 Å². The Bertz CT molecular complexity index is 476. The van der Waals surface area contributed by atoms with Crippen LogP contribution in [0.4, 0.5) is 0 Å². The highest BCUT2D eigenvalue weighted by molar-refractivity contribution is 6.88. The number of hydrogen-bond donors (Lipinski definition) is 0. The molecule has 0 bridgehead atoms. The Hall–Kier alpha value is -1.13. The molecule has 1 aromatic rings. The Morgan fingerprint density at radius 3 is 2.52 bits per heavy atom. The maximum absolute atomic E-state index is 12.1. The summed E-state index contributed by atoms with van der Waals surface area (Å²) in [6.07, 6.45) is 0.885. The van der Waals surface area contributed by atoms with Gasteiger partial charge in [-0.05, 0) is 18.9 Å². The van der Waals surface area contributed by atoms with Crippen molar-refractivity contribution in [2.24, 2.45) is 5.92 Å². The summed E-state index contributed by atoms with van der Waals surface area (Å²) in [5.74, 6) is -0.0820. The van der Waals surface area contributed by atoms with Crippen LogP contribution in [0.5, 0.6) is 0 Å². The Kier molecular flexibility index (Phi) is 5.22. The Morgan fingerprint density at radius 2 is 1.95 bits per heavy atom. The molecule has 4 heteroatoms. The summed E-state index contributed by atoms with van der Waals surface area (Å²) < 4.78 is 10.7. The molecule has 2 atom stereocenters. The minimum atomic E-state index is -1.27. The lowest BCUT2D eigenvalue weighted by Crippen LogP contribution is -2.38. The molecule has 1 saturated heterocycles. The first-order valence-electron chi connectivity index (χ1n) is 7.78. The molecule has 3 nitrogen and oxygen atoms in total. The summed E-state index contributed by atoms with van der Waals surface area (Å²) in [4.78, 5) is 12.1. The summed E-state index contributed by atoms with van der Waals surface area (Å²) >= 11 is 0. The highest BCUT2D eigenvalue weighted by Gasteiger charge is 2.34. The number of ether oxygens (including phenoxy) is 2. The van der Waals surface area contributed by atoms with Gasteiger partial charge < -0.3 is 9.47 Å². The Morgan fingerprint density at radius 1 is 1.29 bits per heavy atom. The van der Waals surface area contributed by atoms with Crippen molar-refractivity contribution >= 4 is 19.2 Å². The topological polar surface area (TPSA) is 35.5 Å². The first-order valence-corrected chi connectivity index (χ1v) is 11.3. The fraction of sp³-hybridized carbons (Fsp3) is 0.588. The van der Waals surface area contributed by atoms with Gasteiger partial charge in [0.05, 0.1) is 27.2 Å². The second-order valence-corrected chi connectivity index (χ2v) is 11.8. The average molecular weight is 306 g/mol. The van der Waals surface area contributed by atoms with Crippen molar-refractivity contribution in [1.29, 1.82) is 0 Å². The first kappa shape index (κ1) is 16.2. The van der Waals surface area contributed by atoms with Crippen molar-refractivity contribution < 1.29 is 14.3 Å². The Labute approximate surface area is 128 Å². The van der Waals surface area contributed by atoms with Crippen molar-refractivity contribution in [3.63, 3.8) is 0 Å². The van der Waals surface area contributed by atoms with E-state index in [1.807, 2.05) is 6.92 Å². The number of carbonyl (C=O) groups is 1. The SMILES string of the molecule is CCOC(=O)[C@@H]1COCC[C@H]1c1ccc([Si](C)(C)C)cc1. The van der Waals surface area contributed by atoms with E-state index in [-0.39, 0.29) is 17.8 Å². The number of carbonyl (C=O) groups excluding carboxylic acids is 1. The van der Waals surface area contributed by atoms with E-state index >= 15 is 0 Å². The monoisotopic (exact) mass is 306 g/mol. The molecule has 0 N–H and O–H groups in total. The quantitative estimate of drug-likeness (QED) is 0.634. The number of benzene rings is 1. The fourth-order valence-corrected chi connectivity index (χ4v) is 4.02. The minimum Gasteiger partial charge on any atom is -0.466 e. The molecule has 116 valence electrons. The van der Waals surface area contributed by atoms with Gasteiger partial charge in [-0.15, -0.1) is 0 Å². The van der Waals surface area contributed by atoms with Gasteiger partial charge in [0.25, 0.3) is 0 Å². The molecule has 0 spiro atoms. The van der Waals surface area contributed by atoms with Crippen molar-refractivity contribution in [3.05, 3.63) is 29.8 Å². The van der Waals surface area contributed by atoms with Crippen molar-refractivity contribution in [2.45, 2.75) is 38.9 Å². The predicted molar refractivity (Wildman–Crippen MR) is 87.7 cm³/mol. The average Bonchev–Trinajstić information content (AvgIpc) is 2.47. The fourth-order valence-electron chi connectivity index (χ4n) is 2.85. The molecule has 1 aliphatic rings. The summed E-state index contributed by atoms with van der Waals surface area (Å²) in [6, 6.07) is 8.85. The van der Waals surface area contributed by atoms with E-state index in [0.29, 0.717) is 13.2 Å². The van der Waals surface area contributed by atoms with Crippen LogP contribution in [0.2, 0.25) is 19.6 Å². The van der Waals surface area contributed by atoms with Crippen LogP contribution in [0.15, 0.2) is 24.3 Å². The third-order valence-corrected chi connectivity index (χ3v) is 6.22. The molecule has 0 aromatic heterocycles. The minimum absolute atomic E-state index is 0.128. The van der Waals surface area contributed by atoms with Gasteiger partial charge >= 0.3 is 5.97 Å². The lowest BCUT2D eigenvalue weighted by molar-refractivity contribution is -0.153. The zero-order chi connectivity index (χ0) is 15.5. The molecule has 1 aliphatic heterocycles. The van der Waals surface area contributed by atoms with Crippen molar-refractivity contribution in [1.82, 2.24) is 0 Å². The lowest BCUT2D eigenvalue weighted by atomic mass is 9.83. The molecule has 1 aromatic carbocycles. The molecule has 0 radical (unpaired) electrons. The molecule has 2 rings (SSSR count). The van der Waals surface area contributed by atoms with Crippen LogP contribution in [0.1, 0.15) is 24.8 Å². The van der Waals surface area contributed by atoms with Gasteiger partial charge in [-0.3, -0.25) is 4.79 Å². The normalized spacial score (nSPS) is 22.9. The van der Waals surface area contributed by atoms with Gasteiger partial charge in [0, 0.05) is 12.5 Å². The third-order valence-electron chi connectivity index (χ3n) is 4.15. The number of rotatable bonds is 4. The second-order valence-electron chi connectivity index (χ2n) is 6.70. The van der Waals surface area contributed by atoms with Crippen LogP contribution in [0.3, 0.4) is 0 Å². The second kappa shape index (κ2) is 6.75. The van der Waals surface area contributed by atoms with Gasteiger partial charge in [-0.25, -0.2) is 0 Å². The Balaban J connectivity index is 2.19. The van der Waals surface area contributed by atoms with Crippen LogP contribution in [-0.4, -0.2) is 33.9 Å². The van der Waals surface area contributed by atoms with Gasteiger partial charge in [0.1, 0.15) is 0 Å². The van der Waals surface area contributed by atoms with Gasteiger partial charge in [-0.2, -0.15) is 0 Å². The highest BCUT2D eigenvalue weighted by atomic mass is 28.3. The number of hydrogen-bond acceptors (Lipinski definition) is 3. The molecule has 0 aliphatic carbocycles. The molecular weight excluding hydrogens is 280 g/mol. The van der Waals surface area contributed by atoms with E-state index in [9.17, 15) is 4.79 Å². The zero-order valence-electron chi connectivity index (χ0n) is 13.5. The highest BCUT2D eigenvalue weighted by Crippen LogP contribution is 2.32. The van der Waals surface area contributed by atoms with E-state index < -0.39 is 8.07 Å². The predicted octanol–water partition coefficient (Wildman–Crippen LogP) is 2.92. The first-order chi connectivity index (χ1) is 9.93. The molecule has 0 saturated carbocycles. The molecule has 1 heterocycles. The smallest absolute Gasteiger partial charge is 0.311 e. The zero-order valence-corrected chi connectivity index (χ0v) is 14.5. The lowest BCUT2D eigenvalue weighted by Gasteiger charge is -2.30.